The van der Waals surface area contributed by atoms with Crippen LogP contribution in [-0.4, -0.2) is 20.7 Å². The van der Waals surface area contributed by atoms with Crippen molar-refractivity contribution in [2.45, 2.75) is 44.6 Å². The minimum Gasteiger partial charge on any atom is -0.236 e. The summed E-state index contributed by atoms with van der Waals surface area (Å²) in [6, 6.07) is 7.73. The molecular formula is C15H17F2N3. The van der Waals surface area contributed by atoms with E-state index < -0.39 is 12.0 Å². The summed E-state index contributed by atoms with van der Waals surface area (Å²) in [5, 5.41) is 4.34. The van der Waals surface area contributed by atoms with Gasteiger partial charge < -0.3 is 0 Å². The van der Waals surface area contributed by atoms with Gasteiger partial charge in [0.25, 0.3) is 5.92 Å². The van der Waals surface area contributed by atoms with Crippen LogP contribution in [0.2, 0.25) is 0 Å². The molecule has 1 unspecified atom stereocenters. The molecule has 0 amide bonds. The molecule has 0 saturated carbocycles. The summed E-state index contributed by atoms with van der Waals surface area (Å²) < 4.78 is 29.9. The molecule has 3 nitrogen and oxygen atoms in total. The molecule has 1 atom stereocenters. The zero-order chi connectivity index (χ0) is 14.5. The second-order valence-corrected chi connectivity index (χ2v) is 6.30. The number of alkyl halides is 2. The minimum atomic E-state index is -2.84. The number of rotatable bonds is 1. The summed E-state index contributed by atoms with van der Waals surface area (Å²) in [5.41, 5.74) is 0.329. The van der Waals surface area contributed by atoms with E-state index in [1.54, 1.807) is 24.3 Å². The smallest absolute Gasteiger partial charge is 0.236 e. The molecule has 0 spiro atoms. The lowest BCUT2D eigenvalue weighted by Crippen LogP contribution is -2.28. The second-order valence-electron chi connectivity index (χ2n) is 6.30. The van der Waals surface area contributed by atoms with E-state index in [1.165, 1.54) is 4.68 Å². The third-order valence-corrected chi connectivity index (χ3v) is 3.53. The molecule has 106 valence electrons. The van der Waals surface area contributed by atoms with Crippen LogP contribution >= 0.6 is 0 Å². The Bertz CT molecular complexity index is 626. The third-order valence-electron chi connectivity index (χ3n) is 3.53. The summed E-state index contributed by atoms with van der Waals surface area (Å²) in [7, 11) is 0. The second kappa shape index (κ2) is 4.11. The monoisotopic (exact) mass is 277 g/mol. The maximum absolute atomic E-state index is 14.2. The predicted molar refractivity (Wildman–Crippen MR) is 72.0 cm³/mol. The first kappa shape index (κ1) is 13.2. The number of hydrogen-bond donors (Lipinski definition) is 0. The quantitative estimate of drug-likeness (QED) is 0.800. The van der Waals surface area contributed by atoms with E-state index in [2.05, 4.69) is 10.1 Å². The van der Waals surface area contributed by atoms with Crippen LogP contribution in [0.5, 0.6) is 0 Å². The van der Waals surface area contributed by atoms with E-state index in [9.17, 15) is 8.78 Å². The zero-order valence-corrected chi connectivity index (χ0v) is 11.8. The van der Waals surface area contributed by atoms with Crippen molar-refractivity contribution in [2.75, 3.05) is 0 Å². The van der Waals surface area contributed by atoms with Gasteiger partial charge in [-0.3, -0.25) is 0 Å². The van der Waals surface area contributed by atoms with Gasteiger partial charge in [-0.05, 0) is 5.56 Å². The fourth-order valence-electron chi connectivity index (χ4n) is 2.51. The lowest BCUT2D eigenvalue weighted by Gasteiger charge is -2.21. The van der Waals surface area contributed by atoms with Crippen LogP contribution in [0.3, 0.4) is 0 Å². The van der Waals surface area contributed by atoms with Crippen molar-refractivity contribution in [1.82, 2.24) is 14.8 Å². The van der Waals surface area contributed by atoms with Crippen LogP contribution < -0.4 is 0 Å². The van der Waals surface area contributed by atoms with Crippen molar-refractivity contribution in [3.05, 3.63) is 47.5 Å². The van der Waals surface area contributed by atoms with Crippen molar-refractivity contribution >= 4 is 0 Å². The van der Waals surface area contributed by atoms with E-state index >= 15 is 0 Å². The first-order valence-corrected chi connectivity index (χ1v) is 6.68. The van der Waals surface area contributed by atoms with E-state index in [1.807, 2.05) is 26.8 Å². The summed E-state index contributed by atoms with van der Waals surface area (Å²) in [5.74, 6) is -1.86. The molecule has 3 rings (SSSR count). The number of fused-ring (bicyclic) bond motifs is 1. The molecule has 0 fully saturated rings. The number of aromatic nitrogens is 3. The van der Waals surface area contributed by atoms with Crippen LogP contribution in [0.15, 0.2) is 30.3 Å². The molecule has 0 bridgehead atoms. The normalized spacial score (nSPS) is 20.9. The maximum Gasteiger partial charge on any atom is 0.281 e. The molecule has 1 aromatic heterocycles. The standard InChI is InChI=1S/C15H17F2N3/c1-14(2,3)13-18-11-9-15(16,17)12(20(11)19-13)10-7-5-4-6-8-10/h4-8,12H,9H2,1-3H3. The Kier molecular flexibility index (Phi) is 2.71. The van der Waals surface area contributed by atoms with Gasteiger partial charge in [-0.25, -0.2) is 18.4 Å². The average molecular weight is 277 g/mol. The molecule has 0 saturated heterocycles. The number of benzene rings is 1. The summed E-state index contributed by atoms with van der Waals surface area (Å²) in [6.07, 6.45) is -0.352. The highest BCUT2D eigenvalue weighted by molar-refractivity contribution is 5.26. The Morgan fingerprint density at radius 3 is 2.45 bits per heavy atom. The van der Waals surface area contributed by atoms with Crippen LogP contribution in [-0.2, 0) is 11.8 Å². The Labute approximate surface area is 116 Å². The first-order valence-electron chi connectivity index (χ1n) is 6.68. The van der Waals surface area contributed by atoms with Gasteiger partial charge in [0.05, 0.1) is 6.42 Å². The fraction of sp³-hybridized carbons (Fsp3) is 0.467. The number of nitrogens with zero attached hydrogens (tertiary/aromatic N) is 3. The molecule has 20 heavy (non-hydrogen) atoms. The third kappa shape index (κ3) is 2.01. The van der Waals surface area contributed by atoms with Gasteiger partial charge >= 0.3 is 0 Å². The number of hydrogen-bond acceptors (Lipinski definition) is 2. The van der Waals surface area contributed by atoms with Crippen molar-refractivity contribution in [2.24, 2.45) is 0 Å². The Balaban J connectivity index is 2.10. The molecule has 2 aromatic rings. The Morgan fingerprint density at radius 1 is 1.20 bits per heavy atom. The maximum atomic E-state index is 14.2. The Morgan fingerprint density at radius 2 is 1.85 bits per heavy atom. The lowest BCUT2D eigenvalue weighted by atomic mass is 9.96. The van der Waals surface area contributed by atoms with Gasteiger partial charge in [-0.15, -0.1) is 0 Å². The molecule has 1 aliphatic heterocycles. The highest BCUT2D eigenvalue weighted by atomic mass is 19.3. The highest BCUT2D eigenvalue weighted by Crippen LogP contribution is 2.43. The molecule has 1 aromatic carbocycles. The molecule has 2 heterocycles. The van der Waals surface area contributed by atoms with Crippen LogP contribution in [0.25, 0.3) is 0 Å². The van der Waals surface area contributed by atoms with Gasteiger partial charge in [0.2, 0.25) is 0 Å². The van der Waals surface area contributed by atoms with E-state index in [0.717, 1.165) is 0 Å². The largest absolute Gasteiger partial charge is 0.281 e. The molecule has 0 N–H and O–H groups in total. The van der Waals surface area contributed by atoms with Gasteiger partial charge in [0.15, 0.2) is 5.82 Å². The van der Waals surface area contributed by atoms with Gasteiger partial charge in [0.1, 0.15) is 11.9 Å². The summed E-state index contributed by atoms with van der Waals surface area (Å²) in [4.78, 5) is 4.31. The molecular weight excluding hydrogens is 260 g/mol. The lowest BCUT2D eigenvalue weighted by molar-refractivity contribution is -0.0197. The van der Waals surface area contributed by atoms with Crippen LogP contribution in [0.1, 0.15) is 44.0 Å². The molecule has 0 radical (unpaired) electrons. The number of halogens is 2. The van der Waals surface area contributed by atoms with Gasteiger partial charge in [0, 0.05) is 5.41 Å². The van der Waals surface area contributed by atoms with E-state index in [0.29, 0.717) is 17.2 Å². The first-order chi connectivity index (χ1) is 9.29. The van der Waals surface area contributed by atoms with E-state index in [-0.39, 0.29) is 11.8 Å². The topological polar surface area (TPSA) is 30.7 Å². The van der Waals surface area contributed by atoms with Crippen molar-refractivity contribution in [3.8, 4) is 0 Å². The average Bonchev–Trinajstić information content (AvgIpc) is 2.82. The molecule has 0 aliphatic carbocycles. The van der Waals surface area contributed by atoms with Gasteiger partial charge in [-0.1, -0.05) is 51.1 Å². The summed E-state index contributed by atoms with van der Waals surface area (Å²) in [6.45, 7) is 5.94. The minimum absolute atomic E-state index is 0.242. The molecule has 1 aliphatic rings. The fourth-order valence-corrected chi connectivity index (χ4v) is 2.51. The summed E-state index contributed by atoms with van der Waals surface area (Å²) >= 11 is 0. The van der Waals surface area contributed by atoms with Crippen molar-refractivity contribution in [1.29, 1.82) is 0 Å². The van der Waals surface area contributed by atoms with Crippen molar-refractivity contribution < 1.29 is 8.78 Å². The van der Waals surface area contributed by atoms with E-state index in [4.69, 9.17) is 0 Å². The van der Waals surface area contributed by atoms with Crippen molar-refractivity contribution in [3.63, 3.8) is 0 Å². The zero-order valence-electron chi connectivity index (χ0n) is 11.8. The van der Waals surface area contributed by atoms with Gasteiger partial charge in [-0.2, -0.15) is 5.10 Å². The molecule has 5 heteroatoms. The SMILES string of the molecule is CC(C)(C)c1nc2n(n1)C(c1ccccc1)C(F)(F)C2. The highest BCUT2D eigenvalue weighted by Gasteiger charge is 2.51. The predicted octanol–water partition coefficient (Wildman–Crippen LogP) is 3.36. The Hall–Kier alpha value is -1.78. The van der Waals surface area contributed by atoms with Crippen LogP contribution in [0, 0.1) is 0 Å². The van der Waals surface area contributed by atoms with Crippen LogP contribution in [0.4, 0.5) is 8.78 Å².